The Morgan fingerprint density at radius 2 is 2.38 bits per heavy atom. The number of amides is 1. The number of unbranched alkanes of at least 4 members (excludes halogenated alkanes) is 1. The van der Waals surface area contributed by atoms with Gasteiger partial charge in [-0.1, -0.05) is 19.8 Å². The number of anilines is 1. The predicted octanol–water partition coefficient (Wildman–Crippen LogP) is 2.17. The lowest BCUT2D eigenvalue weighted by molar-refractivity contribution is 0.100. The molecule has 1 atom stereocenters. The summed E-state index contributed by atoms with van der Waals surface area (Å²) in [6.45, 7) is 4.23. The van der Waals surface area contributed by atoms with Gasteiger partial charge < -0.3 is 11.1 Å². The van der Waals surface area contributed by atoms with Gasteiger partial charge in [0.05, 0.1) is 5.56 Å². The molecule has 0 aromatic carbocycles. The molecule has 1 amide bonds. The number of nitrogens with two attached hydrogens (primary N) is 1. The van der Waals surface area contributed by atoms with Gasteiger partial charge >= 0.3 is 0 Å². The molecule has 0 saturated carbocycles. The predicted molar refractivity (Wildman–Crippen MR) is 65.4 cm³/mol. The molecule has 1 unspecified atom stereocenters. The van der Waals surface area contributed by atoms with Crippen LogP contribution in [0.1, 0.15) is 43.5 Å². The van der Waals surface area contributed by atoms with Gasteiger partial charge in [0, 0.05) is 12.2 Å². The second kappa shape index (κ2) is 6.10. The van der Waals surface area contributed by atoms with Crippen LogP contribution in [0, 0.1) is 0 Å². The SMILES string of the molecule is CCCCC(C)Nc1ncccc1C(N)=O. The van der Waals surface area contributed by atoms with E-state index in [9.17, 15) is 4.79 Å². The van der Waals surface area contributed by atoms with E-state index in [-0.39, 0.29) is 0 Å². The average molecular weight is 221 g/mol. The molecule has 0 aliphatic carbocycles. The van der Waals surface area contributed by atoms with Crippen LogP contribution < -0.4 is 11.1 Å². The molecule has 0 bridgehead atoms. The van der Waals surface area contributed by atoms with Crippen LogP contribution >= 0.6 is 0 Å². The lowest BCUT2D eigenvalue weighted by Gasteiger charge is -2.15. The van der Waals surface area contributed by atoms with Gasteiger partial charge in [0.15, 0.2) is 0 Å². The molecule has 16 heavy (non-hydrogen) atoms. The fourth-order valence-electron chi connectivity index (χ4n) is 1.54. The average Bonchev–Trinajstić information content (AvgIpc) is 2.27. The van der Waals surface area contributed by atoms with Crippen LogP contribution in [-0.4, -0.2) is 16.9 Å². The lowest BCUT2D eigenvalue weighted by atomic mass is 10.1. The summed E-state index contributed by atoms with van der Waals surface area (Å²) in [4.78, 5) is 15.3. The quantitative estimate of drug-likeness (QED) is 0.773. The first kappa shape index (κ1) is 12.5. The van der Waals surface area contributed by atoms with Gasteiger partial charge in [-0.05, 0) is 25.5 Å². The first-order valence-electron chi connectivity index (χ1n) is 5.66. The van der Waals surface area contributed by atoms with Gasteiger partial charge in [0.1, 0.15) is 5.82 Å². The van der Waals surface area contributed by atoms with E-state index < -0.39 is 5.91 Å². The van der Waals surface area contributed by atoms with Crippen LogP contribution in [0.4, 0.5) is 5.82 Å². The first-order valence-corrected chi connectivity index (χ1v) is 5.66. The zero-order valence-electron chi connectivity index (χ0n) is 9.86. The van der Waals surface area contributed by atoms with Crippen molar-refractivity contribution in [1.29, 1.82) is 0 Å². The fourth-order valence-corrected chi connectivity index (χ4v) is 1.54. The monoisotopic (exact) mass is 221 g/mol. The zero-order valence-corrected chi connectivity index (χ0v) is 9.86. The maximum absolute atomic E-state index is 11.2. The van der Waals surface area contributed by atoms with Crippen LogP contribution in [0.15, 0.2) is 18.3 Å². The molecule has 4 heteroatoms. The van der Waals surface area contributed by atoms with E-state index in [1.807, 2.05) is 0 Å². The standard InChI is InChI=1S/C12H19N3O/c1-3-4-6-9(2)15-12-10(11(13)16)7-5-8-14-12/h5,7-9H,3-4,6H2,1-2H3,(H2,13,16)(H,14,15). The summed E-state index contributed by atoms with van der Waals surface area (Å²) in [5, 5.41) is 3.21. The summed E-state index contributed by atoms with van der Waals surface area (Å²) in [5.41, 5.74) is 5.72. The number of pyridine rings is 1. The van der Waals surface area contributed by atoms with E-state index in [4.69, 9.17) is 5.73 Å². The molecule has 4 nitrogen and oxygen atoms in total. The van der Waals surface area contributed by atoms with Gasteiger partial charge in [-0.25, -0.2) is 4.98 Å². The number of hydrogen-bond donors (Lipinski definition) is 2. The molecule has 1 aromatic rings. The molecule has 0 aliphatic rings. The van der Waals surface area contributed by atoms with Gasteiger partial charge in [-0.3, -0.25) is 4.79 Å². The number of hydrogen-bond acceptors (Lipinski definition) is 3. The van der Waals surface area contributed by atoms with Crippen molar-refractivity contribution in [3.05, 3.63) is 23.9 Å². The fraction of sp³-hybridized carbons (Fsp3) is 0.500. The van der Waals surface area contributed by atoms with Crippen LogP contribution in [0.2, 0.25) is 0 Å². The molecule has 88 valence electrons. The first-order chi connectivity index (χ1) is 7.65. The Bertz CT molecular complexity index is 352. The number of carbonyl (C=O) groups excluding carboxylic acids is 1. The normalized spacial score (nSPS) is 12.1. The third-order valence-corrected chi connectivity index (χ3v) is 2.45. The van der Waals surface area contributed by atoms with E-state index in [0.29, 0.717) is 17.4 Å². The van der Waals surface area contributed by atoms with E-state index in [1.165, 1.54) is 0 Å². The Kier molecular flexibility index (Phi) is 4.76. The summed E-state index contributed by atoms with van der Waals surface area (Å²) < 4.78 is 0. The Labute approximate surface area is 96.3 Å². The third-order valence-electron chi connectivity index (χ3n) is 2.45. The van der Waals surface area contributed by atoms with Crippen LogP contribution in [0.3, 0.4) is 0 Å². The van der Waals surface area contributed by atoms with Crippen molar-refractivity contribution in [2.24, 2.45) is 5.73 Å². The van der Waals surface area contributed by atoms with Crippen molar-refractivity contribution in [2.45, 2.75) is 39.2 Å². The highest BCUT2D eigenvalue weighted by Gasteiger charge is 2.10. The second-order valence-electron chi connectivity index (χ2n) is 3.95. The minimum Gasteiger partial charge on any atom is -0.367 e. The summed E-state index contributed by atoms with van der Waals surface area (Å²) in [7, 11) is 0. The van der Waals surface area contributed by atoms with Gasteiger partial charge in [-0.2, -0.15) is 0 Å². The van der Waals surface area contributed by atoms with Crippen molar-refractivity contribution in [2.75, 3.05) is 5.32 Å². The molecule has 0 fully saturated rings. The summed E-state index contributed by atoms with van der Waals surface area (Å²) >= 11 is 0. The van der Waals surface area contributed by atoms with Crippen molar-refractivity contribution >= 4 is 11.7 Å². The lowest BCUT2D eigenvalue weighted by Crippen LogP contribution is -2.20. The number of nitrogens with zero attached hydrogens (tertiary/aromatic N) is 1. The molecular formula is C12H19N3O. The summed E-state index contributed by atoms with van der Waals surface area (Å²) in [6, 6.07) is 3.69. The molecule has 0 aliphatic heterocycles. The molecule has 3 N–H and O–H groups in total. The minimum atomic E-state index is -0.446. The second-order valence-corrected chi connectivity index (χ2v) is 3.95. The minimum absolute atomic E-state index is 0.299. The Balaban J connectivity index is 2.69. The molecule has 0 radical (unpaired) electrons. The van der Waals surface area contributed by atoms with Crippen LogP contribution in [0.25, 0.3) is 0 Å². The van der Waals surface area contributed by atoms with E-state index in [0.717, 1.165) is 19.3 Å². The van der Waals surface area contributed by atoms with E-state index in [2.05, 4.69) is 24.1 Å². The molecule has 1 heterocycles. The van der Waals surface area contributed by atoms with E-state index in [1.54, 1.807) is 18.3 Å². The number of nitrogens with one attached hydrogen (secondary N) is 1. The van der Waals surface area contributed by atoms with Crippen LogP contribution in [0.5, 0.6) is 0 Å². The number of carbonyl (C=O) groups is 1. The molecule has 1 rings (SSSR count). The number of primary amides is 1. The zero-order chi connectivity index (χ0) is 12.0. The van der Waals surface area contributed by atoms with Gasteiger partial charge in [0.25, 0.3) is 5.91 Å². The smallest absolute Gasteiger partial charge is 0.252 e. The summed E-state index contributed by atoms with van der Waals surface area (Å²) in [6.07, 6.45) is 5.04. The Morgan fingerprint density at radius 1 is 1.62 bits per heavy atom. The highest BCUT2D eigenvalue weighted by molar-refractivity contribution is 5.97. The molecule has 0 saturated heterocycles. The number of aromatic nitrogens is 1. The molecular weight excluding hydrogens is 202 g/mol. The van der Waals surface area contributed by atoms with Crippen molar-refractivity contribution in [3.8, 4) is 0 Å². The third kappa shape index (κ3) is 3.53. The highest BCUT2D eigenvalue weighted by atomic mass is 16.1. The summed E-state index contributed by atoms with van der Waals surface area (Å²) in [5.74, 6) is 0.136. The van der Waals surface area contributed by atoms with Gasteiger partial charge in [-0.15, -0.1) is 0 Å². The Hall–Kier alpha value is -1.58. The number of rotatable bonds is 6. The molecule has 1 aromatic heterocycles. The Morgan fingerprint density at radius 3 is 3.00 bits per heavy atom. The van der Waals surface area contributed by atoms with Crippen molar-refractivity contribution < 1.29 is 4.79 Å². The van der Waals surface area contributed by atoms with Crippen molar-refractivity contribution in [3.63, 3.8) is 0 Å². The van der Waals surface area contributed by atoms with Crippen molar-refractivity contribution in [1.82, 2.24) is 4.98 Å². The highest BCUT2D eigenvalue weighted by Crippen LogP contribution is 2.13. The maximum atomic E-state index is 11.2. The largest absolute Gasteiger partial charge is 0.367 e. The van der Waals surface area contributed by atoms with E-state index >= 15 is 0 Å². The topological polar surface area (TPSA) is 68.0 Å². The van der Waals surface area contributed by atoms with Gasteiger partial charge in [0.2, 0.25) is 0 Å². The molecule has 0 spiro atoms. The maximum Gasteiger partial charge on any atom is 0.252 e. The van der Waals surface area contributed by atoms with Crippen LogP contribution in [-0.2, 0) is 0 Å².